The number of carbonyl (C=O) groups excluding carboxylic acids is 1. The third-order valence-electron chi connectivity index (χ3n) is 2.55. The lowest BCUT2D eigenvalue weighted by molar-refractivity contribution is -0.123. The SMILES string of the molecule is COCC(=O)CC1CCCCC1. The van der Waals surface area contributed by atoms with Gasteiger partial charge in [-0.3, -0.25) is 4.79 Å². The zero-order valence-electron chi connectivity index (χ0n) is 7.84. The Morgan fingerprint density at radius 2 is 2.00 bits per heavy atom. The van der Waals surface area contributed by atoms with Crippen LogP contribution in [-0.4, -0.2) is 19.5 Å². The van der Waals surface area contributed by atoms with E-state index in [1.165, 1.54) is 32.1 Å². The summed E-state index contributed by atoms with van der Waals surface area (Å²) in [5, 5.41) is 0. The van der Waals surface area contributed by atoms with Gasteiger partial charge in [0.05, 0.1) is 0 Å². The molecular formula is C10H18O2. The molecule has 1 aliphatic carbocycles. The predicted octanol–water partition coefficient (Wildman–Crippen LogP) is 2.17. The number of hydrogen-bond donors (Lipinski definition) is 0. The first kappa shape index (κ1) is 9.72. The second-order valence-corrected chi connectivity index (χ2v) is 3.68. The monoisotopic (exact) mass is 170 g/mol. The van der Waals surface area contributed by atoms with Crippen LogP contribution in [0, 0.1) is 5.92 Å². The third kappa shape index (κ3) is 3.35. The van der Waals surface area contributed by atoms with Crippen LogP contribution in [-0.2, 0) is 9.53 Å². The van der Waals surface area contributed by atoms with E-state index in [1.54, 1.807) is 7.11 Å². The summed E-state index contributed by atoms with van der Waals surface area (Å²) < 4.78 is 4.80. The van der Waals surface area contributed by atoms with Gasteiger partial charge in [-0.05, 0) is 5.92 Å². The van der Waals surface area contributed by atoms with Crippen molar-refractivity contribution in [2.24, 2.45) is 5.92 Å². The molecule has 1 saturated carbocycles. The topological polar surface area (TPSA) is 26.3 Å². The van der Waals surface area contributed by atoms with Gasteiger partial charge in [-0.25, -0.2) is 0 Å². The van der Waals surface area contributed by atoms with Crippen molar-refractivity contribution in [3.8, 4) is 0 Å². The molecule has 1 aliphatic rings. The molecule has 1 rings (SSSR count). The molecule has 2 nitrogen and oxygen atoms in total. The minimum atomic E-state index is 0.268. The first-order valence-electron chi connectivity index (χ1n) is 4.83. The molecule has 0 aromatic rings. The van der Waals surface area contributed by atoms with E-state index in [-0.39, 0.29) is 5.78 Å². The van der Waals surface area contributed by atoms with E-state index in [0.717, 1.165) is 6.42 Å². The van der Waals surface area contributed by atoms with Gasteiger partial charge in [-0.1, -0.05) is 32.1 Å². The van der Waals surface area contributed by atoms with Crippen molar-refractivity contribution in [1.29, 1.82) is 0 Å². The molecule has 0 bridgehead atoms. The fraction of sp³-hybridized carbons (Fsp3) is 0.900. The van der Waals surface area contributed by atoms with E-state index in [4.69, 9.17) is 4.74 Å². The van der Waals surface area contributed by atoms with E-state index in [1.807, 2.05) is 0 Å². The van der Waals surface area contributed by atoms with Crippen LogP contribution in [0.4, 0.5) is 0 Å². The number of ether oxygens (including phenoxy) is 1. The minimum Gasteiger partial charge on any atom is -0.377 e. The van der Waals surface area contributed by atoms with E-state index >= 15 is 0 Å². The fourth-order valence-corrected chi connectivity index (χ4v) is 1.93. The van der Waals surface area contributed by atoms with E-state index in [0.29, 0.717) is 12.5 Å². The summed E-state index contributed by atoms with van der Waals surface area (Å²) in [4.78, 5) is 11.2. The minimum absolute atomic E-state index is 0.268. The lowest BCUT2D eigenvalue weighted by atomic mass is 9.86. The summed E-state index contributed by atoms with van der Waals surface area (Å²) >= 11 is 0. The highest BCUT2D eigenvalue weighted by Crippen LogP contribution is 2.26. The Kier molecular flexibility index (Phi) is 4.30. The Labute approximate surface area is 74.3 Å². The van der Waals surface area contributed by atoms with Gasteiger partial charge in [0.15, 0.2) is 5.78 Å². The Morgan fingerprint density at radius 1 is 1.33 bits per heavy atom. The summed E-state index contributed by atoms with van der Waals surface area (Å²) in [6.07, 6.45) is 7.21. The zero-order valence-corrected chi connectivity index (χ0v) is 7.84. The smallest absolute Gasteiger partial charge is 0.158 e. The first-order valence-corrected chi connectivity index (χ1v) is 4.83. The van der Waals surface area contributed by atoms with Gasteiger partial charge < -0.3 is 4.74 Å². The number of ketones is 1. The van der Waals surface area contributed by atoms with Crippen molar-refractivity contribution < 1.29 is 9.53 Å². The Morgan fingerprint density at radius 3 is 2.58 bits per heavy atom. The van der Waals surface area contributed by atoms with Crippen molar-refractivity contribution in [2.45, 2.75) is 38.5 Å². The molecule has 0 aliphatic heterocycles. The van der Waals surface area contributed by atoms with E-state index < -0.39 is 0 Å². The van der Waals surface area contributed by atoms with Crippen molar-refractivity contribution in [3.63, 3.8) is 0 Å². The normalized spacial score (nSPS) is 19.4. The number of Topliss-reactive ketones (excluding diaryl/α,β-unsaturated/α-hetero) is 1. The summed E-state index contributed by atoms with van der Waals surface area (Å²) in [5.41, 5.74) is 0. The van der Waals surface area contributed by atoms with E-state index in [9.17, 15) is 4.79 Å². The Hall–Kier alpha value is -0.370. The largest absolute Gasteiger partial charge is 0.377 e. The van der Waals surface area contributed by atoms with Crippen molar-refractivity contribution >= 4 is 5.78 Å². The summed E-state index contributed by atoms with van der Waals surface area (Å²) in [7, 11) is 1.58. The Bertz CT molecular complexity index is 137. The molecule has 0 aromatic heterocycles. The van der Waals surface area contributed by atoms with Crippen LogP contribution < -0.4 is 0 Å². The van der Waals surface area contributed by atoms with Crippen LogP contribution in [0.3, 0.4) is 0 Å². The van der Waals surface area contributed by atoms with Crippen molar-refractivity contribution in [1.82, 2.24) is 0 Å². The molecule has 0 saturated heterocycles. The molecule has 1 fully saturated rings. The lowest BCUT2D eigenvalue weighted by Gasteiger charge is -2.20. The van der Waals surface area contributed by atoms with Crippen molar-refractivity contribution in [2.75, 3.05) is 13.7 Å². The maximum absolute atomic E-state index is 11.2. The molecule has 0 N–H and O–H groups in total. The molecule has 0 atom stereocenters. The third-order valence-corrected chi connectivity index (χ3v) is 2.55. The molecule has 2 heteroatoms. The van der Waals surface area contributed by atoms with Crippen molar-refractivity contribution in [3.05, 3.63) is 0 Å². The molecule has 0 heterocycles. The quantitative estimate of drug-likeness (QED) is 0.646. The van der Waals surface area contributed by atoms with Crippen LogP contribution in [0.25, 0.3) is 0 Å². The maximum atomic E-state index is 11.2. The van der Waals surface area contributed by atoms with Gasteiger partial charge in [0.1, 0.15) is 6.61 Å². The molecular weight excluding hydrogens is 152 g/mol. The summed E-state index contributed by atoms with van der Waals surface area (Å²) in [6.45, 7) is 0.302. The van der Waals surface area contributed by atoms with Crippen LogP contribution in [0.1, 0.15) is 38.5 Å². The van der Waals surface area contributed by atoms with Gasteiger partial charge in [0.25, 0.3) is 0 Å². The highest BCUT2D eigenvalue weighted by Gasteiger charge is 2.16. The first-order chi connectivity index (χ1) is 5.83. The highest BCUT2D eigenvalue weighted by molar-refractivity contribution is 5.79. The molecule has 12 heavy (non-hydrogen) atoms. The zero-order chi connectivity index (χ0) is 8.81. The average Bonchev–Trinajstić information content (AvgIpc) is 2.06. The van der Waals surface area contributed by atoms with Gasteiger partial charge in [0, 0.05) is 13.5 Å². The second-order valence-electron chi connectivity index (χ2n) is 3.68. The van der Waals surface area contributed by atoms with Crippen LogP contribution in [0.15, 0.2) is 0 Å². The van der Waals surface area contributed by atoms with Gasteiger partial charge in [-0.15, -0.1) is 0 Å². The number of rotatable bonds is 4. The van der Waals surface area contributed by atoms with Crippen LogP contribution in [0.2, 0.25) is 0 Å². The van der Waals surface area contributed by atoms with Gasteiger partial charge in [0.2, 0.25) is 0 Å². The summed E-state index contributed by atoms with van der Waals surface area (Å²) in [5.74, 6) is 0.922. The average molecular weight is 170 g/mol. The summed E-state index contributed by atoms with van der Waals surface area (Å²) in [6, 6.07) is 0. The molecule has 70 valence electrons. The molecule has 0 amide bonds. The second kappa shape index (κ2) is 5.31. The van der Waals surface area contributed by atoms with Crippen LogP contribution in [0.5, 0.6) is 0 Å². The van der Waals surface area contributed by atoms with Crippen LogP contribution >= 0.6 is 0 Å². The Balaban J connectivity index is 2.15. The van der Waals surface area contributed by atoms with E-state index in [2.05, 4.69) is 0 Å². The number of hydrogen-bond acceptors (Lipinski definition) is 2. The van der Waals surface area contributed by atoms with Gasteiger partial charge >= 0.3 is 0 Å². The molecule has 0 spiro atoms. The van der Waals surface area contributed by atoms with Gasteiger partial charge in [-0.2, -0.15) is 0 Å². The highest BCUT2D eigenvalue weighted by atomic mass is 16.5. The lowest BCUT2D eigenvalue weighted by Crippen LogP contribution is -2.15. The maximum Gasteiger partial charge on any atom is 0.158 e. The molecule has 0 aromatic carbocycles. The number of carbonyl (C=O) groups is 1. The predicted molar refractivity (Wildman–Crippen MR) is 48.1 cm³/mol. The molecule has 0 unspecified atom stereocenters. The fourth-order valence-electron chi connectivity index (χ4n) is 1.93. The molecule has 0 radical (unpaired) electrons. The standard InChI is InChI=1S/C10H18O2/c1-12-8-10(11)7-9-5-3-2-4-6-9/h9H,2-8H2,1H3. The number of methoxy groups -OCH3 is 1.